The van der Waals surface area contributed by atoms with Crippen molar-refractivity contribution < 1.29 is 119 Å². The molecule has 0 bridgehead atoms. The first-order valence-corrected chi connectivity index (χ1v) is 18.7. The SMILES string of the molecule is CC(=O)N[C@H]1[C@H](OC[C@H]2OC(O)[C@H](NC(C)=O)[C@@H](O[C@@H]3O[C@H](CO[C@]4(C(=O)O)C[C@H](O)[C@@H](NC(C)=O)[C@H]([C@H](O)[C@H](O)CO)O4)[C@H](O)[C@H](O)[C@H]3O)[C@H]2O)O[C@H](CO)[C@@H](O)[C@@H]1O. The van der Waals surface area contributed by atoms with E-state index in [0.717, 1.165) is 20.8 Å². The van der Waals surface area contributed by atoms with Crippen LogP contribution in [0.3, 0.4) is 0 Å². The van der Waals surface area contributed by atoms with Gasteiger partial charge in [-0.05, 0) is 0 Å². The predicted molar refractivity (Wildman–Crippen MR) is 186 cm³/mol. The summed E-state index contributed by atoms with van der Waals surface area (Å²) in [6.45, 7) is -0.498. The summed E-state index contributed by atoms with van der Waals surface area (Å²) in [5, 5.41) is 144. The maximum atomic E-state index is 12.6. The lowest BCUT2D eigenvalue weighted by molar-refractivity contribution is -0.358. The Kier molecular flexibility index (Phi) is 17.4. The molecule has 3 amide bonds. The monoisotopic (exact) mass is 877 g/mol. The van der Waals surface area contributed by atoms with E-state index < -0.39 is 185 Å². The largest absolute Gasteiger partial charge is 0.477 e. The third-order valence-corrected chi connectivity index (χ3v) is 10.4. The Balaban J connectivity index is 1.55. The third kappa shape index (κ3) is 11.2. The molecule has 16 N–H and O–H groups in total. The molecular weight excluding hydrogens is 822 g/mol. The van der Waals surface area contributed by atoms with E-state index in [1.165, 1.54) is 0 Å². The standard InChI is InChI=1S/C33H55N3O24/c1-9(39)34-17-12(42)4-33(32(52)53,60-28(17)20(44)13(43)5-37)55-8-16-22(46)25(49)26(50)31(58-16)59-27-19(36-11(3)41)29(51)56-15(23(27)47)7-54-30-18(35-10(2)40)24(48)21(45)14(6-38)57-30/h12-31,37-38,42-51H,4-8H2,1-3H3,(H,34,39)(H,35,40)(H,36,41)(H,52,53)/t12-,13+,14+,15+,16+,17+,18+,19+,20+,21+,22-,23-,24+,25-,26+,27+,28+,29?,30+,31-,33+/m0/s1. The van der Waals surface area contributed by atoms with E-state index in [0.29, 0.717) is 0 Å². The van der Waals surface area contributed by atoms with E-state index >= 15 is 0 Å². The van der Waals surface area contributed by atoms with Crippen LogP contribution >= 0.6 is 0 Å². The van der Waals surface area contributed by atoms with Crippen molar-refractivity contribution in [3.05, 3.63) is 0 Å². The second kappa shape index (κ2) is 21.0. The second-order valence-corrected chi connectivity index (χ2v) is 14.9. The minimum absolute atomic E-state index is 0.678. The number of hydrogen-bond donors (Lipinski definition) is 16. The molecule has 4 fully saturated rings. The number of aliphatic carboxylic acids is 1. The van der Waals surface area contributed by atoms with Crippen LogP contribution in [0.5, 0.6) is 0 Å². The number of nitrogens with one attached hydrogen (secondary N) is 3. The number of aliphatic hydroxyl groups excluding tert-OH is 12. The molecule has 346 valence electrons. The summed E-state index contributed by atoms with van der Waals surface area (Å²) >= 11 is 0. The van der Waals surface area contributed by atoms with E-state index in [4.69, 9.17) is 33.2 Å². The number of carboxylic acid groups (broad SMARTS) is 1. The van der Waals surface area contributed by atoms with Gasteiger partial charge in [0.15, 0.2) is 18.9 Å². The van der Waals surface area contributed by atoms with Gasteiger partial charge in [0.2, 0.25) is 17.7 Å². The van der Waals surface area contributed by atoms with Gasteiger partial charge in [0.05, 0.1) is 38.6 Å². The van der Waals surface area contributed by atoms with Gasteiger partial charge in [0.25, 0.3) is 5.79 Å². The molecule has 21 atom stereocenters. The van der Waals surface area contributed by atoms with Crippen LogP contribution in [0.1, 0.15) is 27.2 Å². The van der Waals surface area contributed by atoms with Crippen LogP contribution in [-0.4, -0.2) is 245 Å². The van der Waals surface area contributed by atoms with Gasteiger partial charge in [-0.1, -0.05) is 0 Å². The Morgan fingerprint density at radius 1 is 0.683 bits per heavy atom. The van der Waals surface area contributed by atoms with Crippen molar-refractivity contribution in [1.82, 2.24) is 16.0 Å². The number of amides is 3. The quantitative estimate of drug-likeness (QED) is 0.0684. The molecule has 0 saturated carbocycles. The normalized spacial score (nSPS) is 43.3. The molecule has 1 unspecified atom stereocenters. The zero-order valence-corrected chi connectivity index (χ0v) is 32.4. The maximum Gasteiger partial charge on any atom is 0.364 e. The van der Waals surface area contributed by atoms with Gasteiger partial charge < -0.3 is 115 Å². The van der Waals surface area contributed by atoms with Gasteiger partial charge in [0, 0.05) is 27.2 Å². The average molecular weight is 878 g/mol. The number of carbonyl (C=O) groups is 4. The molecule has 0 aliphatic carbocycles. The number of carboxylic acids is 1. The van der Waals surface area contributed by atoms with E-state index in [1.54, 1.807) is 0 Å². The lowest BCUT2D eigenvalue weighted by atomic mass is 9.88. The molecule has 0 radical (unpaired) electrons. The molecule has 4 aliphatic heterocycles. The van der Waals surface area contributed by atoms with Crippen LogP contribution in [0.2, 0.25) is 0 Å². The van der Waals surface area contributed by atoms with Crippen molar-refractivity contribution in [2.45, 2.75) is 155 Å². The van der Waals surface area contributed by atoms with Crippen molar-refractivity contribution in [3.8, 4) is 0 Å². The number of ether oxygens (including phenoxy) is 7. The van der Waals surface area contributed by atoms with Crippen LogP contribution in [0.25, 0.3) is 0 Å². The zero-order valence-electron chi connectivity index (χ0n) is 32.4. The first-order chi connectivity index (χ1) is 28.1. The van der Waals surface area contributed by atoms with E-state index in [-0.39, 0.29) is 0 Å². The summed E-state index contributed by atoms with van der Waals surface area (Å²) in [7, 11) is 0. The highest BCUT2D eigenvalue weighted by Crippen LogP contribution is 2.36. The fraction of sp³-hybridized carbons (Fsp3) is 0.879. The second-order valence-electron chi connectivity index (χ2n) is 14.9. The molecule has 0 aromatic heterocycles. The topological polar surface area (TPSA) is 432 Å². The summed E-state index contributed by atoms with van der Waals surface area (Å²) in [6, 6.07) is -4.62. The van der Waals surface area contributed by atoms with Crippen molar-refractivity contribution in [2.24, 2.45) is 0 Å². The molecule has 60 heavy (non-hydrogen) atoms. The Bertz CT molecular complexity index is 1470. The molecule has 0 aromatic rings. The molecule has 27 nitrogen and oxygen atoms in total. The maximum absolute atomic E-state index is 12.6. The summed E-state index contributed by atoms with van der Waals surface area (Å²) in [6.07, 6.45) is -32.9. The molecule has 0 spiro atoms. The van der Waals surface area contributed by atoms with E-state index in [9.17, 15) is 85.6 Å². The van der Waals surface area contributed by atoms with Crippen molar-refractivity contribution in [2.75, 3.05) is 26.4 Å². The number of carbonyl (C=O) groups excluding carboxylic acids is 3. The first-order valence-electron chi connectivity index (χ1n) is 18.7. The number of rotatable bonds is 16. The Hall–Kier alpha value is -2.88. The molecule has 4 saturated heterocycles. The summed E-state index contributed by atoms with van der Waals surface area (Å²) in [4.78, 5) is 48.5. The molecule has 27 heteroatoms. The third-order valence-electron chi connectivity index (χ3n) is 10.4. The van der Waals surface area contributed by atoms with Crippen LogP contribution in [0, 0.1) is 0 Å². The summed E-state index contributed by atoms with van der Waals surface area (Å²) in [5.74, 6) is -7.07. The van der Waals surface area contributed by atoms with Gasteiger partial charge in [-0.15, -0.1) is 0 Å². The Morgan fingerprint density at radius 2 is 1.23 bits per heavy atom. The summed E-state index contributed by atoms with van der Waals surface area (Å²) in [5.41, 5.74) is 0. The Morgan fingerprint density at radius 3 is 1.80 bits per heavy atom. The van der Waals surface area contributed by atoms with Crippen LogP contribution in [0.15, 0.2) is 0 Å². The van der Waals surface area contributed by atoms with E-state index in [1.807, 2.05) is 0 Å². The van der Waals surface area contributed by atoms with Crippen LogP contribution in [0.4, 0.5) is 0 Å². The van der Waals surface area contributed by atoms with Gasteiger partial charge in [-0.3, -0.25) is 14.4 Å². The Labute approximate surface area is 340 Å². The van der Waals surface area contributed by atoms with Gasteiger partial charge >= 0.3 is 5.97 Å². The fourth-order valence-corrected chi connectivity index (χ4v) is 7.24. The molecule has 4 aliphatic rings. The lowest BCUT2D eigenvalue weighted by Gasteiger charge is -2.48. The van der Waals surface area contributed by atoms with Crippen LogP contribution in [-0.2, 0) is 52.3 Å². The molecule has 4 heterocycles. The molecule has 4 rings (SSSR count). The highest BCUT2D eigenvalue weighted by Gasteiger charge is 2.58. The lowest BCUT2D eigenvalue weighted by Crippen LogP contribution is -2.69. The summed E-state index contributed by atoms with van der Waals surface area (Å²) < 4.78 is 39.1. The average Bonchev–Trinajstić information content (AvgIpc) is 3.18. The van der Waals surface area contributed by atoms with Crippen molar-refractivity contribution in [1.29, 1.82) is 0 Å². The number of aliphatic hydroxyl groups is 12. The van der Waals surface area contributed by atoms with Gasteiger partial charge in [-0.25, -0.2) is 4.79 Å². The zero-order chi connectivity index (χ0) is 45.0. The van der Waals surface area contributed by atoms with Crippen molar-refractivity contribution >= 4 is 23.7 Å². The fourth-order valence-electron chi connectivity index (χ4n) is 7.24. The highest BCUT2D eigenvalue weighted by molar-refractivity contribution is 5.76. The highest BCUT2D eigenvalue weighted by atomic mass is 16.8. The smallest absolute Gasteiger partial charge is 0.364 e. The first kappa shape index (κ1) is 49.8. The van der Waals surface area contributed by atoms with Gasteiger partial charge in [-0.2, -0.15) is 0 Å². The number of hydrogen-bond acceptors (Lipinski definition) is 23. The van der Waals surface area contributed by atoms with E-state index in [2.05, 4.69) is 16.0 Å². The van der Waals surface area contributed by atoms with Crippen LogP contribution < -0.4 is 16.0 Å². The minimum Gasteiger partial charge on any atom is -0.477 e. The minimum atomic E-state index is -2.92. The molecular formula is C33H55N3O24. The van der Waals surface area contributed by atoms with Crippen molar-refractivity contribution in [3.63, 3.8) is 0 Å². The predicted octanol–water partition coefficient (Wildman–Crippen LogP) is -10.1. The van der Waals surface area contributed by atoms with Gasteiger partial charge in [0.1, 0.15) is 91.4 Å². The molecule has 0 aromatic carbocycles.